The van der Waals surface area contributed by atoms with Crippen molar-refractivity contribution < 1.29 is 24.5 Å². The molecule has 0 aliphatic rings. The Bertz CT molecular complexity index is 161. The van der Waals surface area contributed by atoms with Crippen molar-refractivity contribution in [3.63, 3.8) is 0 Å². The summed E-state index contributed by atoms with van der Waals surface area (Å²) in [6, 6.07) is 0. The van der Waals surface area contributed by atoms with Crippen LogP contribution in [0.1, 0.15) is 13.3 Å². The van der Waals surface area contributed by atoms with E-state index in [1.165, 1.54) is 0 Å². The zero-order chi connectivity index (χ0) is 9.56. The summed E-state index contributed by atoms with van der Waals surface area (Å²) in [5.74, 6) is -2.47. The van der Waals surface area contributed by atoms with Crippen molar-refractivity contribution in [2.24, 2.45) is 5.92 Å². The number of rotatable bonds is 5. The summed E-state index contributed by atoms with van der Waals surface area (Å²) in [7, 11) is 0. The van der Waals surface area contributed by atoms with Gasteiger partial charge in [0.15, 0.2) is 6.61 Å². The summed E-state index contributed by atoms with van der Waals surface area (Å²) in [6.07, 6.45) is 0.439. The van der Waals surface area contributed by atoms with Gasteiger partial charge in [-0.05, 0) is 6.42 Å². The van der Waals surface area contributed by atoms with E-state index in [2.05, 4.69) is 4.74 Å². The van der Waals surface area contributed by atoms with E-state index in [0.29, 0.717) is 6.42 Å². The van der Waals surface area contributed by atoms with Crippen molar-refractivity contribution in [1.29, 1.82) is 0 Å². The second-order valence-electron chi connectivity index (χ2n) is 2.29. The highest BCUT2D eigenvalue weighted by Crippen LogP contribution is 2.03. The molecule has 5 heteroatoms. The predicted molar refractivity (Wildman–Crippen MR) is 39.5 cm³/mol. The van der Waals surface area contributed by atoms with Crippen LogP contribution in [0.4, 0.5) is 0 Å². The number of esters is 1. The molecule has 1 unspecified atom stereocenters. The quantitative estimate of drug-likeness (QED) is 0.558. The van der Waals surface area contributed by atoms with Gasteiger partial charge in [-0.15, -0.1) is 0 Å². The topological polar surface area (TPSA) is 83.8 Å². The summed E-state index contributed by atoms with van der Waals surface area (Å²) < 4.78 is 4.35. The molecular formula is C7H12O5. The van der Waals surface area contributed by atoms with Crippen LogP contribution in [0.2, 0.25) is 0 Å². The number of ether oxygens (including phenoxy) is 1. The fraction of sp³-hybridized carbons (Fsp3) is 0.714. The molecule has 0 aromatic carbocycles. The number of carbonyl (C=O) groups is 2. The summed E-state index contributed by atoms with van der Waals surface area (Å²) in [5, 5.41) is 16.8. The molecule has 2 N–H and O–H groups in total. The lowest BCUT2D eigenvalue weighted by atomic mass is 10.1. The van der Waals surface area contributed by atoms with Crippen molar-refractivity contribution in [2.75, 3.05) is 13.2 Å². The monoisotopic (exact) mass is 176 g/mol. The minimum absolute atomic E-state index is 0.311. The fourth-order valence-corrected chi connectivity index (χ4v) is 0.621. The number of carbonyl (C=O) groups excluding carboxylic acids is 1. The lowest BCUT2D eigenvalue weighted by molar-refractivity contribution is -0.159. The largest absolute Gasteiger partial charge is 0.479 e. The van der Waals surface area contributed by atoms with Crippen molar-refractivity contribution in [3.05, 3.63) is 0 Å². The van der Waals surface area contributed by atoms with E-state index in [0.717, 1.165) is 0 Å². The Balaban J connectivity index is 3.77. The Kier molecular flexibility index (Phi) is 5.03. The van der Waals surface area contributed by atoms with Crippen LogP contribution in [-0.4, -0.2) is 35.4 Å². The first-order chi connectivity index (χ1) is 5.61. The molecular weight excluding hydrogens is 164 g/mol. The number of carboxylic acids is 1. The van der Waals surface area contributed by atoms with E-state index in [-0.39, 0.29) is 6.61 Å². The third-order valence-electron chi connectivity index (χ3n) is 1.38. The van der Waals surface area contributed by atoms with Gasteiger partial charge in [-0.25, -0.2) is 4.79 Å². The average molecular weight is 176 g/mol. The van der Waals surface area contributed by atoms with Gasteiger partial charge in [-0.3, -0.25) is 4.79 Å². The third-order valence-corrected chi connectivity index (χ3v) is 1.38. The number of carboxylic acid groups (broad SMARTS) is 1. The van der Waals surface area contributed by atoms with Crippen molar-refractivity contribution >= 4 is 11.9 Å². The molecule has 5 nitrogen and oxygen atoms in total. The normalized spacial score (nSPS) is 12.2. The molecule has 0 aromatic rings. The summed E-state index contributed by atoms with van der Waals surface area (Å²) >= 11 is 0. The molecule has 0 fully saturated rings. The maximum Gasteiger partial charge on any atom is 0.341 e. The standard InChI is InChI=1S/C7H12O5/c1-2-5(3-8)7(11)12-4-6(9)10/h5,8H,2-4H2,1H3,(H,9,10). The van der Waals surface area contributed by atoms with E-state index in [4.69, 9.17) is 10.2 Å². The Morgan fingerprint density at radius 1 is 1.50 bits per heavy atom. The summed E-state index contributed by atoms with van der Waals surface area (Å²) in [5.41, 5.74) is 0. The number of aliphatic carboxylic acids is 1. The van der Waals surface area contributed by atoms with Crippen LogP contribution < -0.4 is 0 Å². The summed E-state index contributed by atoms with van der Waals surface area (Å²) in [4.78, 5) is 20.8. The van der Waals surface area contributed by atoms with E-state index < -0.39 is 24.5 Å². The second-order valence-corrected chi connectivity index (χ2v) is 2.29. The van der Waals surface area contributed by atoms with Gasteiger partial charge in [0.25, 0.3) is 0 Å². The zero-order valence-electron chi connectivity index (χ0n) is 6.82. The number of aliphatic hydroxyl groups excluding tert-OH is 1. The maximum absolute atomic E-state index is 10.9. The first kappa shape index (κ1) is 10.9. The van der Waals surface area contributed by atoms with Crippen LogP contribution in [-0.2, 0) is 14.3 Å². The molecule has 0 saturated heterocycles. The second kappa shape index (κ2) is 5.54. The van der Waals surface area contributed by atoms with Crippen LogP contribution >= 0.6 is 0 Å². The first-order valence-electron chi connectivity index (χ1n) is 3.61. The third kappa shape index (κ3) is 3.92. The van der Waals surface area contributed by atoms with Gasteiger partial charge in [0, 0.05) is 0 Å². The molecule has 0 heterocycles. The van der Waals surface area contributed by atoms with Gasteiger partial charge in [0.05, 0.1) is 12.5 Å². The molecule has 0 aliphatic heterocycles. The van der Waals surface area contributed by atoms with Gasteiger partial charge >= 0.3 is 11.9 Å². The van der Waals surface area contributed by atoms with Gasteiger partial charge in [0.1, 0.15) is 0 Å². The minimum Gasteiger partial charge on any atom is -0.479 e. The van der Waals surface area contributed by atoms with Gasteiger partial charge in [-0.2, -0.15) is 0 Å². The van der Waals surface area contributed by atoms with Gasteiger partial charge < -0.3 is 14.9 Å². The van der Waals surface area contributed by atoms with E-state index >= 15 is 0 Å². The Morgan fingerprint density at radius 2 is 2.08 bits per heavy atom. The molecule has 0 spiro atoms. The average Bonchev–Trinajstić information content (AvgIpc) is 2.03. The molecule has 12 heavy (non-hydrogen) atoms. The molecule has 0 bridgehead atoms. The predicted octanol–water partition coefficient (Wildman–Crippen LogP) is -0.367. The zero-order valence-corrected chi connectivity index (χ0v) is 6.82. The highest BCUT2D eigenvalue weighted by atomic mass is 16.6. The van der Waals surface area contributed by atoms with E-state index in [9.17, 15) is 9.59 Å². The van der Waals surface area contributed by atoms with Crippen LogP contribution in [0, 0.1) is 5.92 Å². The van der Waals surface area contributed by atoms with Gasteiger partial charge in [-0.1, -0.05) is 6.92 Å². The molecule has 1 atom stereocenters. The SMILES string of the molecule is CCC(CO)C(=O)OCC(=O)O. The molecule has 0 rings (SSSR count). The maximum atomic E-state index is 10.9. The van der Waals surface area contributed by atoms with Crippen LogP contribution in [0.5, 0.6) is 0 Å². The van der Waals surface area contributed by atoms with E-state index in [1.807, 2.05) is 0 Å². The van der Waals surface area contributed by atoms with E-state index in [1.54, 1.807) is 6.92 Å². The van der Waals surface area contributed by atoms with Crippen molar-refractivity contribution in [2.45, 2.75) is 13.3 Å². The molecule has 70 valence electrons. The minimum atomic E-state index is -1.20. The number of aliphatic hydroxyl groups is 1. The fourth-order valence-electron chi connectivity index (χ4n) is 0.621. The molecule has 0 saturated carbocycles. The van der Waals surface area contributed by atoms with Crippen LogP contribution in [0.3, 0.4) is 0 Å². The van der Waals surface area contributed by atoms with Crippen LogP contribution in [0.25, 0.3) is 0 Å². The highest BCUT2D eigenvalue weighted by Gasteiger charge is 2.17. The molecule has 0 radical (unpaired) electrons. The van der Waals surface area contributed by atoms with Crippen molar-refractivity contribution in [3.8, 4) is 0 Å². The first-order valence-corrected chi connectivity index (χ1v) is 3.61. The molecule has 0 aliphatic carbocycles. The Hall–Kier alpha value is -1.10. The van der Waals surface area contributed by atoms with Crippen LogP contribution in [0.15, 0.2) is 0 Å². The Morgan fingerprint density at radius 3 is 2.42 bits per heavy atom. The smallest absolute Gasteiger partial charge is 0.341 e. The lowest BCUT2D eigenvalue weighted by Crippen LogP contribution is -2.23. The molecule has 0 aromatic heterocycles. The number of hydrogen-bond donors (Lipinski definition) is 2. The lowest BCUT2D eigenvalue weighted by Gasteiger charge is -2.09. The molecule has 0 amide bonds. The van der Waals surface area contributed by atoms with Crippen molar-refractivity contribution in [1.82, 2.24) is 0 Å². The highest BCUT2D eigenvalue weighted by molar-refractivity contribution is 5.76. The number of hydrogen-bond acceptors (Lipinski definition) is 4. The summed E-state index contributed by atoms with van der Waals surface area (Å²) in [6.45, 7) is 0.757. The Labute approximate surface area is 70.0 Å². The van der Waals surface area contributed by atoms with Gasteiger partial charge in [0.2, 0.25) is 0 Å².